The van der Waals surface area contributed by atoms with E-state index in [-0.39, 0.29) is 5.69 Å². The molecule has 0 atom stereocenters. The maximum Gasteiger partial charge on any atom is 0.416 e. The number of halogens is 3. The van der Waals surface area contributed by atoms with Gasteiger partial charge in [-0.05, 0) is 54.1 Å². The van der Waals surface area contributed by atoms with Gasteiger partial charge in [0.1, 0.15) is 12.2 Å². The van der Waals surface area contributed by atoms with E-state index in [1.807, 2.05) is 24.4 Å². The van der Waals surface area contributed by atoms with Gasteiger partial charge in [0.25, 0.3) is 0 Å². The van der Waals surface area contributed by atoms with E-state index in [1.165, 1.54) is 12.1 Å². The van der Waals surface area contributed by atoms with Crippen LogP contribution in [0.1, 0.15) is 5.56 Å². The molecular weight excluding hydrogens is 443 g/mol. The maximum absolute atomic E-state index is 12.7. The van der Waals surface area contributed by atoms with Gasteiger partial charge >= 0.3 is 12.2 Å². The lowest BCUT2D eigenvalue weighted by Gasteiger charge is -2.11. The molecule has 2 aromatic heterocycles. The third-order valence-electron chi connectivity index (χ3n) is 4.87. The van der Waals surface area contributed by atoms with E-state index in [0.717, 1.165) is 28.8 Å². The summed E-state index contributed by atoms with van der Waals surface area (Å²) in [5.74, 6) is 2.56. The standard InChI is InChI=1S/C25H18F3N5O/c1-2-14-33-16-22(17-10-12-29-13-11-17)23(32-33)18-4-3-5-21(15-18)31-24(34)30-20-8-6-19(7-9-20)25(26,27)28/h1,3-13,15-16H,14H2,(H2,30,31,34). The second-order valence-electron chi connectivity index (χ2n) is 7.26. The van der Waals surface area contributed by atoms with Crippen LogP contribution in [0.5, 0.6) is 0 Å². The normalized spacial score (nSPS) is 11.0. The van der Waals surface area contributed by atoms with Crippen molar-refractivity contribution in [1.29, 1.82) is 0 Å². The summed E-state index contributed by atoms with van der Waals surface area (Å²) >= 11 is 0. The zero-order valence-electron chi connectivity index (χ0n) is 17.7. The minimum Gasteiger partial charge on any atom is -0.308 e. The summed E-state index contributed by atoms with van der Waals surface area (Å²) in [4.78, 5) is 16.4. The van der Waals surface area contributed by atoms with E-state index in [2.05, 4.69) is 26.6 Å². The Morgan fingerprint density at radius 1 is 0.971 bits per heavy atom. The molecule has 0 aliphatic heterocycles. The summed E-state index contributed by atoms with van der Waals surface area (Å²) in [5.41, 5.74) is 3.10. The number of carbonyl (C=O) groups is 1. The number of anilines is 2. The molecule has 0 saturated carbocycles. The van der Waals surface area contributed by atoms with Crippen LogP contribution in [0.15, 0.2) is 79.3 Å². The number of nitrogens with zero attached hydrogens (tertiary/aromatic N) is 3. The zero-order chi connectivity index (χ0) is 24.1. The molecular formula is C25H18F3N5O. The van der Waals surface area contributed by atoms with Crippen molar-refractivity contribution in [2.24, 2.45) is 0 Å². The van der Waals surface area contributed by atoms with E-state index in [4.69, 9.17) is 6.42 Å². The topological polar surface area (TPSA) is 71.8 Å². The van der Waals surface area contributed by atoms with Gasteiger partial charge in [0.15, 0.2) is 0 Å². The Morgan fingerprint density at radius 2 is 1.68 bits per heavy atom. The molecule has 2 amide bonds. The van der Waals surface area contributed by atoms with Gasteiger partial charge in [-0.25, -0.2) is 4.79 Å². The molecule has 0 fully saturated rings. The Kier molecular flexibility index (Phi) is 6.32. The van der Waals surface area contributed by atoms with Crippen molar-refractivity contribution in [3.8, 4) is 34.7 Å². The smallest absolute Gasteiger partial charge is 0.308 e. The first-order chi connectivity index (χ1) is 16.3. The molecule has 0 saturated heterocycles. The van der Waals surface area contributed by atoms with Crippen LogP contribution < -0.4 is 10.6 Å². The fourth-order valence-electron chi connectivity index (χ4n) is 3.33. The number of aromatic nitrogens is 3. The van der Waals surface area contributed by atoms with Crippen LogP contribution in [-0.2, 0) is 12.7 Å². The number of nitrogens with one attached hydrogen (secondary N) is 2. The second kappa shape index (κ2) is 9.50. The van der Waals surface area contributed by atoms with Crippen molar-refractivity contribution in [2.75, 3.05) is 10.6 Å². The zero-order valence-corrected chi connectivity index (χ0v) is 17.7. The third kappa shape index (κ3) is 5.24. The van der Waals surface area contributed by atoms with Gasteiger partial charge in [-0.3, -0.25) is 9.67 Å². The molecule has 34 heavy (non-hydrogen) atoms. The largest absolute Gasteiger partial charge is 0.416 e. The highest BCUT2D eigenvalue weighted by Gasteiger charge is 2.30. The number of benzene rings is 2. The van der Waals surface area contributed by atoms with Crippen molar-refractivity contribution in [2.45, 2.75) is 12.7 Å². The highest BCUT2D eigenvalue weighted by molar-refractivity contribution is 6.00. The average Bonchev–Trinajstić information content (AvgIpc) is 3.24. The van der Waals surface area contributed by atoms with Crippen LogP contribution in [0.3, 0.4) is 0 Å². The summed E-state index contributed by atoms with van der Waals surface area (Å²) in [6.45, 7) is 0.297. The molecule has 4 aromatic rings. The summed E-state index contributed by atoms with van der Waals surface area (Å²) in [6.07, 6.45) is 6.21. The number of rotatable bonds is 5. The maximum atomic E-state index is 12.7. The molecule has 0 unspecified atom stereocenters. The summed E-state index contributed by atoms with van der Waals surface area (Å²) in [7, 11) is 0. The minimum absolute atomic E-state index is 0.231. The Labute approximate surface area is 193 Å². The second-order valence-corrected chi connectivity index (χ2v) is 7.26. The van der Waals surface area contributed by atoms with Crippen molar-refractivity contribution in [1.82, 2.24) is 14.8 Å². The molecule has 0 spiro atoms. The van der Waals surface area contributed by atoms with Gasteiger partial charge in [-0.15, -0.1) is 6.42 Å². The Balaban J connectivity index is 1.55. The van der Waals surface area contributed by atoms with Gasteiger partial charge in [-0.1, -0.05) is 18.1 Å². The van der Waals surface area contributed by atoms with Crippen LogP contribution in [0.4, 0.5) is 29.3 Å². The van der Waals surface area contributed by atoms with E-state index in [1.54, 1.807) is 35.3 Å². The molecule has 2 aromatic carbocycles. The molecule has 0 radical (unpaired) electrons. The lowest BCUT2D eigenvalue weighted by atomic mass is 10.0. The van der Waals surface area contributed by atoms with Crippen LogP contribution in [0, 0.1) is 12.3 Å². The van der Waals surface area contributed by atoms with Crippen molar-refractivity contribution in [3.63, 3.8) is 0 Å². The quantitative estimate of drug-likeness (QED) is 0.363. The van der Waals surface area contributed by atoms with Crippen molar-refractivity contribution >= 4 is 17.4 Å². The molecule has 2 N–H and O–H groups in total. The summed E-state index contributed by atoms with van der Waals surface area (Å²) < 4.78 is 39.8. The number of amides is 2. The van der Waals surface area contributed by atoms with E-state index >= 15 is 0 Å². The summed E-state index contributed by atoms with van der Waals surface area (Å²) in [5, 5.41) is 9.80. The Morgan fingerprint density at radius 3 is 2.35 bits per heavy atom. The minimum atomic E-state index is -4.44. The molecule has 2 heterocycles. The molecule has 0 aliphatic rings. The molecule has 4 rings (SSSR count). The number of carbonyl (C=O) groups excluding carboxylic acids is 1. The number of terminal acetylenes is 1. The fraction of sp³-hybridized carbons (Fsp3) is 0.0800. The van der Waals surface area contributed by atoms with E-state index in [9.17, 15) is 18.0 Å². The molecule has 6 nitrogen and oxygen atoms in total. The van der Waals surface area contributed by atoms with Gasteiger partial charge in [0.2, 0.25) is 0 Å². The van der Waals surface area contributed by atoms with E-state index < -0.39 is 17.8 Å². The Bertz CT molecular complexity index is 1340. The van der Waals surface area contributed by atoms with Gasteiger partial charge in [-0.2, -0.15) is 18.3 Å². The fourth-order valence-corrected chi connectivity index (χ4v) is 3.33. The monoisotopic (exact) mass is 461 g/mol. The third-order valence-corrected chi connectivity index (χ3v) is 4.87. The van der Waals surface area contributed by atoms with Crippen LogP contribution in [0.25, 0.3) is 22.4 Å². The molecule has 170 valence electrons. The van der Waals surface area contributed by atoms with Gasteiger partial charge < -0.3 is 10.6 Å². The Hall–Kier alpha value is -4.58. The van der Waals surface area contributed by atoms with E-state index in [0.29, 0.717) is 17.9 Å². The predicted octanol–water partition coefficient (Wildman–Crippen LogP) is 5.91. The molecule has 0 bridgehead atoms. The lowest BCUT2D eigenvalue weighted by Crippen LogP contribution is -2.19. The first-order valence-electron chi connectivity index (χ1n) is 10.1. The highest BCUT2D eigenvalue weighted by Crippen LogP contribution is 2.32. The highest BCUT2D eigenvalue weighted by atomic mass is 19.4. The SMILES string of the molecule is C#CCn1cc(-c2ccncc2)c(-c2cccc(NC(=O)Nc3ccc(C(F)(F)F)cc3)c2)n1. The lowest BCUT2D eigenvalue weighted by molar-refractivity contribution is -0.137. The molecule has 0 aliphatic carbocycles. The van der Waals surface area contributed by atoms with Crippen molar-refractivity contribution in [3.05, 3.63) is 84.8 Å². The predicted molar refractivity (Wildman–Crippen MR) is 124 cm³/mol. The first-order valence-corrected chi connectivity index (χ1v) is 10.1. The van der Waals surface area contributed by atoms with Crippen LogP contribution >= 0.6 is 0 Å². The van der Waals surface area contributed by atoms with Crippen molar-refractivity contribution < 1.29 is 18.0 Å². The first kappa shape index (κ1) is 22.6. The number of hydrogen-bond donors (Lipinski definition) is 2. The average molecular weight is 461 g/mol. The number of urea groups is 1. The number of alkyl halides is 3. The number of pyridine rings is 1. The molecule has 9 heteroatoms. The van der Waals surface area contributed by atoms with Gasteiger partial charge in [0.05, 0.1) is 5.56 Å². The van der Waals surface area contributed by atoms with Crippen LogP contribution in [-0.4, -0.2) is 20.8 Å². The summed E-state index contributed by atoms with van der Waals surface area (Å²) in [6, 6.07) is 14.4. The van der Waals surface area contributed by atoms with Crippen LogP contribution in [0.2, 0.25) is 0 Å². The van der Waals surface area contributed by atoms with Gasteiger partial charge in [0, 0.05) is 41.1 Å². The number of hydrogen-bond acceptors (Lipinski definition) is 3.